The zero-order valence-electron chi connectivity index (χ0n) is 21.7. The van der Waals surface area contributed by atoms with Gasteiger partial charge in [-0.05, 0) is 36.8 Å². The van der Waals surface area contributed by atoms with E-state index in [0.29, 0.717) is 68.2 Å². The van der Waals surface area contributed by atoms with E-state index in [-0.39, 0.29) is 11.9 Å². The van der Waals surface area contributed by atoms with Gasteiger partial charge < -0.3 is 23.7 Å². The topological polar surface area (TPSA) is 86.1 Å². The number of ether oxygens (including phenoxy) is 3. The predicted octanol–water partition coefficient (Wildman–Crippen LogP) is 4.15. The summed E-state index contributed by atoms with van der Waals surface area (Å²) in [6.07, 6.45) is 5.00. The van der Waals surface area contributed by atoms with Gasteiger partial charge in [0.2, 0.25) is 15.8 Å². The molecule has 2 aliphatic rings. The summed E-state index contributed by atoms with van der Waals surface area (Å²) < 4.78 is 46.4. The Morgan fingerprint density at radius 2 is 1.77 bits per heavy atom. The van der Waals surface area contributed by atoms with Gasteiger partial charge in [0.05, 0.1) is 43.5 Å². The highest BCUT2D eigenvalue weighted by atomic mass is 35.5. The van der Waals surface area contributed by atoms with E-state index >= 15 is 0 Å². The molecule has 0 saturated carbocycles. The van der Waals surface area contributed by atoms with Crippen LogP contribution >= 0.6 is 23.2 Å². The number of nitrogens with zero attached hydrogens (tertiary/aromatic N) is 4. The second-order valence-electron chi connectivity index (χ2n) is 9.62. The first-order valence-corrected chi connectivity index (χ1v) is 15.3. The van der Waals surface area contributed by atoms with Crippen LogP contribution in [-0.2, 0) is 43.2 Å². The summed E-state index contributed by atoms with van der Waals surface area (Å²) in [6, 6.07) is 13.4. The Morgan fingerprint density at radius 3 is 2.38 bits per heavy atom. The Hall–Kier alpha value is -2.18. The summed E-state index contributed by atoms with van der Waals surface area (Å²) in [7, 11) is -3.14. The zero-order chi connectivity index (χ0) is 27.5. The second kappa shape index (κ2) is 12.1. The Morgan fingerprint density at radius 1 is 1.05 bits per heavy atom. The minimum absolute atomic E-state index is 0.138. The molecule has 0 radical (unpaired) electrons. The van der Waals surface area contributed by atoms with Crippen LogP contribution in [0.15, 0.2) is 61.2 Å². The molecular formula is C27H32Cl2N4O5S. The summed E-state index contributed by atoms with van der Waals surface area (Å²) in [6.45, 7) is 5.49. The van der Waals surface area contributed by atoms with Crippen LogP contribution in [0.3, 0.4) is 0 Å². The van der Waals surface area contributed by atoms with E-state index in [1.807, 2.05) is 29.0 Å². The maximum atomic E-state index is 12.1. The fraction of sp³-hybridized carbons (Fsp3) is 0.444. The number of piperazine rings is 1. The highest BCUT2D eigenvalue weighted by Crippen LogP contribution is 2.38. The van der Waals surface area contributed by atoms with Gasteiger partial charge in [-0.3, -0.25) is 0 Å². The molecule has 9 nitrogen and oxygen atoms in total. The van der Waals surface area contributed by atoms with Crippen LogP contribution in [0.4, 0.5) is 5.69 Å². The second-order valence-corrected chi connectivity index (χ2v) is 12.7. The molecule has 2 fully saturated rings. The lowest BCUT2D eigenvalue weighted by atomic mass is 10.0. The summed E-state index contributed by atoms with van der Waals surface area (Å²) in [5.41, 5.74) is 2.80. The van der Waals surface area contributed by atoms with Gasteiger partial charge in [0.25, 0.3) is 0 Å². The minimum atomic E-state index is -3.14. The summed E-state index contributed by atoms with van der Waals surface area (Å²) in [5.74, 6) is -0.955. The lowest BCUT2D eigenvalue weighted by molar-refractivity contribution is -0.313. The molecule has 0 unspecified atom stereocenters. The number of hydrogen-bond acceptors (Lipinski definition) is 7. The number of benzene rings is 2. The van der Waals surface area contributed by atoms with Crippen LogP contribution in [0.1, 0.15) is 18.1 Å². The Kier molecular flexibility index (Phi) is 8.82. The average Bonchev–Trinajstić information content (AvgIpc) is 3.46. The first-order valence-electron chi connectivity index (χ1n) is 12.9. The number of hydrogen-bond donors (Lipinski definition) is 0. The first kappa shape index (κ1) is 28.4. The van der Waals surface area contributed by atoms with Crippen LogP contribution in [0, 0.1) is 0 Å². The van der Waals surface area contributed by atoms with Crippen molar-refractivity contribution in [3.8, 4) is 0 Å². The van der Waals surface area contributed by atoms with Crippen LogP contribution in [0.25, 0.3) is 0 Å². The zero-order valence-corrected chi connectivity index (χ0v) is 24.0. The molecule has 39 heavy (non-hydrogen) atoms. The van der Waals surface area contributed by atoms with Crippen molar-refractivity contribution < 1.29 is 22.6 Å². The molecule has 1 aromatic heterocycles. The van der Waals surface area contributed by atoms with Crippen LogP contribution in [-0.4, -0.2) is 73.5 Å². The van der Waals surface area contributed by atoms with E-state index < -0.39 is 15.8 Å². The van der Waals surface area contributed by atoms with Gasteiger partial charge in [-0.25, -0.2) is 13.4 Å². The number of halogens is 2. The molecule has 3 heterocycles. The summed E-state index contributed by atoms with van der Waals surface area (Å²) in [4.78, 5) is 6.33. The van der Waals surface area contributed by atoms with Crippen molar-refractivity contribution in [1.82, 2.24) is 13.9 Å². The SMILES string of the molecule is CCS(=O)(=O)N1CCN(c2ccc(CO[C@H]3CO[C@@](Cn4ccnc4)(c4ccc(Cl)cc4Cl)OC3)cc2)CC1. The number of aromatic nitrogens is 2. The van der Waals surface area contributed by atoms with Gasteiger partial charge in [-0.15, -0.1) is 0 Å². The van der Waals surface area contributed by atoms with Crippen molar-refractivity contribution in [1.29, 1.82) is 0 Å². The largest absolute Gasteiger partial charge is 0.369 e. The summed E-state index contributed by atoms with van der Waals surface area (Å²) >= 11 is 12.7. The Bertz CT molecular complexity index is 1340. The molecule has 12 heteroatoms. The molecule has 5 rings (SSSR count). The Labute approximate surface area is 239 Å². The van der Waals surface area contributed by atoms with E-state index in [4.69, 9.17) is 37.4 Å². The van der Waals surface area contributed by atoms with Crippen molar-refractivity contribution in [2.24, 2.45) is 0 Å². The molecule has 0 aliphatic carbocycles. The van der Waals surface area contributed by atoms with E-state index in [1.54, 1.807) is 35.9 Å². The maximum Gasteiger partial charge on any atom is 0.215 e. The molecule has 0 amide bonds. The maximum absolute atomic E-state index is 12.1. The smallest absolute Gasteiger partial charge is 0.215 e. The molecule has 2 saturated heterocycles. The van der Waals surface area contributed by atoms with E-state index in [0.717, 1.165) is 11.3 Å². The van der Waals surface area contributed by atoms with Crippen molar-refractivity contribution in [3.05, 3.63) is 82.4 Å². The highest BCUT2D eigenvalue weighted by Gasteiger charge is 2.42. The molecule has 0 spiro atoms. The predicted molar refractivity (Wildman–Crippen MR) is 151 cm³/mol. The van der Waals surface area contributed by atoms with Crippen LogP contribution in [0.2, 0.25) is 10.0 Å². The molecule has 210 valence electrons. The van der Waals surface area contributed by atoms with Crippen LogP contribution in [0.5, 0.6) is 0 Å². The van der Waals surface area contributed by atoms with Gasteiger partial charge in [0.15, 0.2) is 0 Å². The third kappa shape index (κ3) is 6.59. The van der Waals surface area contributed by atoms with Crippen LogP contribution < -0.4 is 4.90 Å². The van der Waals surface area contributed by atoms with Crippen molar-refractivity contribution in [2.45, 2.75) is 32.0 Å². The monoisotopic (exact) mass is 594 g/mol. The first-order chi connectivity index (χ1) is 18.8. The van der Waals surface area contributed by atoms with Gasteiger partial charge >= 0.3 is 0 Å². The standard InChI is InChI=1S/C27H32Cl2N4O5S/c1-2-39(34,35)33-13-11-32(12-14-33)23-6-3-21(4-7-23)16-36-24-17-37-27(38-18-24,19-31-10-9-30-20-31)25-8-5-22(28)15-26(25)29/h3-10,15,20,24H,2,11-14,16-19H2,1H3/t24-,27+. The number of sulfonamides is 1. The summed E-state index contributed by atoms with van der Waals surface area (Å²) in [5, 5.41) is 1.01. The Balaban J connectivity index is 1.16. The number of rotatable bonds is 9. The van der Waals surface area contributed by atoms with Crippen molar-refractivity contribution in [2.75, 3.05) is 50.0 Å². The lowest BCUT2D eigenvalue weighted by Crippen LogP contribution is -2.49. The molecule has 2 aliphatic heterocycles. The fourth-order valence-electron chi connectivity index (χ4n) is 4.82. The molecule has 0 bridgehead atoms. The molecule has 0 atom stereocenters. The molecule has 3 aromatic rings. The van der Waals surface area contributed by atoms with Gasteiger partial charge in [-0.1, -0.05) is 41.4 Å². The minimum Gasteiger partial charge on any atom is -0.369 e. The molecule has 0 N–H and O–H groups in total. The molecule has 2 aromatic carbocycles. The molecular weight excluding hydrogens is 563 g/mol. The van der Waals surface area contributed by atoms with Gasteiger partial charge in [0.1, 0.15) is 6.10 Å². The van der Waals surface area contributed by atoms with E-state index in [1.165, 1.54) is 0 Å². The quantitative estimate of drug-likeness (QED) is 0.368. The van der Waals surface area contributed by atoms with E-state index in [9.17, 15) is 8.42 Å². The van der Waals surface area contributed by atoms with Gasteiger partial charge in [-0.2, -0.15) is 4.31 Å². The normalized spacial score (nSPS) is 22.7. The van der Waals surface area contributed by atoms with Crippen molar-refractivity contribution >= 4 is 38.9 Å². The van der Waals surface area contributed by atoms with E-state index in [2.05, 4.69) is 22.0 Å². The number of imidazole rings is 1. The average molecular weight is 596 g/mol. The van der Waals surface area contributed by atoms with Gasteiger partial charge in [0, 0.05) is 54.8 Å². The third-order valence-corrected chi connectivity index (χ3v) is 9.51. The van der Waals surface area contributed by atoms with Crippen molar-refractivity contribution in [3.63, 3.8) is 0 Å². The number of anilines is 1. The highest BCUT2D eigenvalue weighted by molar-refractivity contribution is 7.89. The third-order valence-electron chi connectivity index (χ3n) is 7.08. The fourth-order valence-corrected chi connectivity index (χ4v) is 6.45. The lowest BCUT2D eigenvalue weighted by Gasteiger charge is -2.41.